The highest BCUT2D eigenvalue weighted by molar-refractivity contribution is 7.90. The van der Waals surface area contributed by atoms with Gasteiger partial charge < -0.3 is 9.47 Å². The van der Waals surface area contributed by atoms with Crippen LogP contribution in [0.25, 0.3) is 0 Å². The molecule has 0 aliphatic rings. The highest BCUT2D eigenvalue weighted by atomic mass is 35.5. The SMILES string of the molecule is CCOCCOc1ccc(S(=O)(=O)NC(=O)Cc2ccc(Cl)cc2)cc1C(C)C. The number of carbonyl (C=O) groups excluding carboxylic acids is 1. The van der Waals surface area contributed by atoms with E-state index in [4.69, 9.17) is 21.1 Å². The third-order valence-corrected chi connectivity index (χ3v) is 5.75. The van der Waals surface area contributed by atoms with E-state index in [1.807, 2.05) is 20.8 Å². The summed E-state index contributed by atoms with van der Waals surface area (Å²) in [6.45, 7) is 7.22. The normalized spacial score (nSPS) is 11.5. The first kappa shape index (κ1) is 23.2. The van der Waals surface area contributed by atoms with Crippen molar-refractivity contribution in [3.63, 3.8) is 0 Å². The van der Waals surface area contributed by atoms with E-state index in [0.29, 0.717) is 36.2 Å². The number of benzene rings is 2. The molecule has 158 valence electrons. The Morgan fingerprint density at radius 3 is 2.41 bits per heavy atom. The maximum absolute atomic E-state index is 12.7. The minimum absolute atomic E-state index is 0.0165. The molecule has 0 saturated carbocycles. The van der Waals surface area contributed by atoms with Crippen LogP contribution in [0.2, 0.25) is 5.02 Å². The first-order valence-electron chi connectivity index (χ1n) is 9.37. The van der Waals surface area contributed by atoms with Gasteiger partial charge in [0.15, 0.2) is 0 Å². The van der Waals surface area contributed by atoms with E-state index in [-0.39, 0.29) is 17.2 Å². The van der Waals surface area contributed by atoms with E-state index in [1.165, 1.54) is 6.07 Å². The number of hydrogen-bond donors (Lipinski definition) is 1. The van der Waals surface area contributed by atoms with Crippen LogP contribution in [0.3, 0.4) is 0 Å². The number of hydrogen-bond acceptors (Lipinski definition) is 5. The molecule has 0 bridgehead atoms. The topological polar surface area (TPSA) is 81.7 Å². The van der Waals surface area contributed by atoms with Crippen LogP contribution in [0.5, 0.6) is 5.75 Å². The van der Waals surface area contributed by atoms with Gasteiger partial charge in [0.1, 0.15) is 12.4 Å². The highest BCUT2D eigenvalue weighted by Gasteiger charge is 2.20. The molecule has 0 atom stereocenters. The first-order valence-corrected chi connectivity index (χ1v) is 11.2. The van der Waals surface area contributed by atoms with E-state index >= 15 is 0 Å². The number of amides is 1. The number of nitrogens with one attached hydrogen (secondary N) is 1. The van der Waals surface area contributed by atoms with E-state index in [1.54, 1.807) is 36.4 Å². The van der Waals surface area contributed by atoms with Crippen LogP contribution >= 0.6 is 11.6 Å². The Morgan fingerprint density at radius 1 is 1.10 bits per heavy atom. The summed E-state index contributed by atoms with van der Waals surface area (Å²) in [4.78, 5) is 12.2. The summed E-state index contributed by atoms with van der Waals surface area (Å²) < 4.78 is 38.4. The molecule has 0 fully saturated rings. The molecule has 1 amide bonds. The summed E-state index contributed by atoms with van der Waals surface area (Å²) in [6, 6.07) is 11.2. The summed E-state index contributed by atoms with van der Waals surface area (Å²) in [5, 5.41) is 0.548. The Bertz CT molecular complexity index is 927. The van der Waals surface area contributed by atoms with Crippen molar-refractivity contribution in [3.05, 3.63) is 58.6 Å². The molecule has 0 aliphatic carbocycles. The standard InChI is InChI=1S/C21H26ClNO5S/c1-4-27-11-12-28-20-10-9-18(14-19(20)15(2)3)29(25,26)23-21(24)13-16-5-7-17(22)8-6-16/h5-10,14-15H,4,11-13H2,1-3H3,(H,23,24). The second-order valence-electron chi connectivity index (χ2n) is 6.73. The molecule has 2 aromatic rings. The Kier molecular flexibility index (Phi) is 8.49. The number of carbonyl (C=O) groups is 1. The van der Waals surface area contributed by atoms with Crippen molar-refractivity contribution in [2.24, 2.45) is 0 Å². The van der Waals surface area contributed by atoms with Gasteiger partial charge in [0.2, 0.25) is 5.91 Å². The summed E-state index contributed by atoms with van der Waals surface area (Å²) >= 11 is 5.82. The molecule has 0 saturated heterocycles. The fourth-order valence-corrected chi connectivity index (χ4v) is 3.81. The molecule has 0 aliphatic heterocycles. The molecular formula is C21H26ClNO5S. The predicted molar refractivity (Wildman–Crippen MR) is 113 cm³/mol. The Balaban J connectivity index is 2.12. The largest absolute Gasteiger partial charge is 0.491 e. The predicted octanol–water partition coefficient (Wildman–Crippen LogP) is 3.93. The summed E-state index contributed by atoms with van der Waals surface area (Å²) in [5.74, 6) is 0.0265. The van der Waals surface area contributed by atoms with Gasteiger partial charge in [-0.3, -0.25) is 4.79 Å². The second-order valence-corrected chi connectivity index (χ2v) is 8.85. The van der Waals surface area contributed by atoms with Gasteiger partial charge in [-0.15, -0.1) is 0 Å². The molecule has 29 heavy (non-hydrogen) atoms. The lowest BCUT2D eigenvalue weighted by molar-refractivity contribution is -0.118. The number of halogens is 1. The van der Waals surface area contributed by atoms with Crippen LogP contribution in [0.15, 0.2) is 47.4 Å². The Hall–Kier alpha value is -2.09. The van der Waals surface area contributed by atoms with Crippen molar-refractivity contribution in [2.45, 2.75) is 38.0 Å². The van der Waals surface area contributed by atoms with Gasteiger partial charge in [-0.2, -0.15) is 0 Å². The van der Waals surface area contributed by atoms with Crippen LogP contribution in [0.4, 0.5) is 0 Å². The van der Waals surface area contributed by atoms with E-state index < -0.39 is 15.9 Å². The molecule has 0 heterocycles. The molecule has 0 radical (unpaired) electrons. The van der Waals surface area contributed by atoms with Crippen molar-refractivity contribution in [3.8, 4) is 5.75 Å². The van der Waals surface area contributed by atoms with Crippen molar-refractivity contribution in [1.29, 1.82) is 0 Å². The molecule has 6 nitrogen and oxygen atoms in total. The third-order valence-electron chi connectivity index (χ3n) is 4.13. The van der Waals surface area contributed by atoms with Crippen LogP contribution in [-0.2, 0) is 26.0 Å². The molecule has 0 aromatic heterocycles. The van der Waals surface area contributed by atoms with Gasteiger partial charge in [0.25, 0.3) is 10.0 Å². The van der Waals surface area contributed by atoms with E-state index in [9.17, 15) is 13.2 Å². The van der Waals surface area contributed by atoms with Gasteiger partial charge in [0, 0.05) is 11.6 Å². The maximum Gasteiger partial charge on any atom is 0.264 e. The quantitative estimate of drug-likeness (QED) is 0.567. The maximum atomic E-state index is 12.7. The van der Waals surface area contributed by atoms with Crippen LogP contribution in [0, 0.1) is 0 Å². The zero-order chi connectivity index (χ0) is 21.4. The number of sulfonamides is 1. The lowest BCUT2D eigenvalue weighted by Crippen LogP contribution is -2.31. The zero-order valence-electron chi connectivity index (χ0n) is 16.8. The van der Waals surface area contributed by atoms with Crippen molar-refractivity contribution in [1.82, 2.24) is 4.72 Å². The first-order chi connectivity index (χ1) is 13.7. The highest BCUT2D eigenvalue weighted by Crippen LogP contribution is 2.29. The molecule has 0 spiro atoms. The van der Waals surface area contributed by atoms with Gasteiger partial charge in [-0.25, -0.2) is 13.1 Å². The van der Waals surface area contributed by atoms with E-state index in [0.717, 1.165) is 5.56 Å². The van der Waals surface area contributed by atoms with Gasteiger partial charge >= 0.3 is 0 Å². The lowest BCUT2D eigenvalue weighted by atomic mass is 10.0. The molecule has 2 aromatic carbocycles. The fourth-order valence-electron chi connectivity index (χ4n) is 2.66. The minimum Gasteiger partial charge on any atom is -0.491 e. The second kappa shape index (κ2) is 10.6. The summed E-state index contributed by atoms with van der Waals surface area (Å²) in [6.07, 6.45) is -0.0634. The Morgan fingerprint density at radius 2 is 1.79 bits per heavy atom. The van der Waals surface area contributed by atoms with Gasteiger partial charge in [0.05, 0.1) is 17.9 Å². The molecule has 2 rings (SSSR count). The van der Waals surface area contributed by atoms with Crippen molar-refractivity contribution in [2.75, 3.05) is 19.8 Å². The summed E-state index contributed by atoms with van der Waals surface area (Å²) in [7, 11) is -4.00. The molecular weight excluding hydrogens is 414 g/mol. The zero-order valence-corrected chi connectivity index (χ0v) is 18.3. The van der Waals surface area contributed by atoms with Crippen LogP contribution in [-0.4, -0.2) is 34.1 Å². The molecule has 8 heteroatoms. The number of rotatable bonds is 10. The fraction of sp³-hybridized carbons (Fsp3) is 0.381. The summed E-state index contributed by atoms with van der Waals surface area (Å²) in [5.41, 5.74) is 1.41. The average molecular weight is 440 g/mol. The smallest absolute Gasteiger partial charge is 0.264 e. The minimum atomic E-state index is -4.00. The van der Waals surface area contributed by atoms with Crippen LogP contribution < -0.4 is 9.46 Å². The Labute approximate surface area is 177 Å². The molecule has 0 unspecified atom stereocenters. The number of ether oxygens (including phenoxy) is 2. The van der Waals surface area contributed by atoms with Gasteiger partial charge in [-0.1, -0.05) is 37.6 Å². The van der Waals surface area contributed by atoms with E-state index in [2.05, 4.69) is 4.72 Å². The van der Waals surface area contributed by atoms with Crippen molar-refractivity contribution < 1.29 is 22.7 Å². The van der Waals surface area contributed by atoms with Crippen LogP contribution in [0.1, 0.15) is 37.8 Å². The van der Waals surface area contributed by atoms with Gasteiger partial charge in [-0.05, 0) is 54.3 Å². The lowest BCUT2D eigenvalue weighted by Gasteiger charge is -2.16. The average Bonchev–Trinajstić information content (AvgIpc) is 2.66. The van der Waals surface area contributed by atoms with Crippen molar-refractivity contribution >= 4 is 27.5 Å². The monoisotopic (exact) mass is 439 g/mol. The third kappa shape index (κ3) is 7.03. The molecule has 1 N–H and O–H groups in total.